The Bertz CT molecular complexity index is 393. The van der Waals surface area contributed by atoms with E-state index >= 15 is 0 Å². The van der Waals surface area contributed by atoms with Gasteiger partial charge in [0.2, 0.25) is 0 Å². The van der Waals surface area contributed by atoms with Crippen LogP contribution in [-0.2, 0) is 15.6 Å². The predicted molar refractivity (Wildman–Crippen MR) is 55.3 cm³/mol. The molecule has 0 aliphatic carbocycles. The Hall–Kier alpha value is -1.13. The van der Waals surface area contributed by atoms with Gasteiger partial charge in [0.25, 0.3) is 0 Å². The SMILES string of the molecule is O=S(=O)(C=CCO)Cc1ccccc1. The summed E-state index contributed by atoms with van der Waals surface area (Å²) in [5.74, 6) is -0.0235. The maximum Gasteiger partial charge on any atom is 0.175 e. The van der Waals surface area contributed by atoms with Gasteiger partial charge in [0.15, 0.2) is 9.84 Å². The third kappa shape index (κ3) is 3.72. The number of hydrogen-bond donors (Lipinski definition) is 1. The topological polar surface area (TPSA) is 54.4 Å². The summed E-state index contributed by atoms with van der Waals surface area (Å²) in [5, 5.41) is 9.49. The highest BCUT2D eigenvalue weighted by Crippen LogP contribution is 2.06. The van der Waals surface area contributed by atoms with Crippen LogP contribution in [0.25, 0.3) is 0 Å². The fourth-order valence-electron chi connectivity index (χ4n) is 1.04. The number of hydrogen-bond acceptors (Lipinski definition) is 3. The maximum atomic E-state index is 11.4. The van der Waals surface area contributed by atoms with E-state index in [1.807, 2.05) is 6.07 Å². The van der Waals surface area contributed by atoms with Crippen molar-refractivity contribution in [2.45, 2.75) is 5.75 Å². The molecular weight excluding hydrogens is 200 g/mol. The largest absolute Gasteiger partial charge is 0.392 e. The Morgan fingerprint density at radius 2 is 1.86 bits per heavy atom. The molecule has 0 bridgehead atoms. The van der Waals surface area contributed by atoms with Crippen LogP contribution in [0.5, 0.6) is 0 Å². The van der Waals surface area contributed by atoms with E-state index in [1.165, 1.54) is 6.08 Å². The average molecular weight is 212 g/mol. The third-order valence-corrected chi connectivity index (χ3v) is 2.96. The molecule has 0 radical (unpaired) electrons. The highest BCUT2D eigenvalue weighted by Gasteiger charge is 2.06. The van der Waals surface area contributed by atoms with Crippen LogP contribution in [0, 0.1) is 0 Å². The van der Waals surface area contributed by atoms with Gasteiger partial charge in [-0.25, -0.2) is 8.42 Å². The van der Waals surface area contributed by atoms with Gasteiger partial charge in [0.1, 0.15) is 0 Å². The zero-order chi connectivity index (χ0) is 10.4. The second-order valence-corrected chi connectivity index (χ2v) is 4.73. The van der Waals surface area contributed by atoms with Gasteiger partial charge in [0, 0.05) is 5.41 Å². The lowest BCUT2D eigenvalue weighted by atomic mass is 10.2. The van der Waals surface area contributed by atoms with E-state index in [9.17, 15) is 8.42 Å². The minimum Gasteiger partial charge on any atom is -0.392 e. The van der Waals surface area contributed by atoms with Crippen LogP contribution in [0.3, 0.4) is 0 Å². The molecule has 1 rings (SSSR count). The molecule has 0 saturated carbocycles. The first-order chi connectivity index (χ1) is 6.64. The summed E-state index contributed by atoms with van der Waals surface area (Å²) in [6.45, 7) is -0.256. The second-order valence-electron chi connectivity index (χ2n) is 2.85. The zero-order valence-electron chi connectivity index (χ0n) is 7.63. The fourth-order valence-corrected chi connectivity index (χ4v) is 2.18. The van der Waals surface area contributed by atoms with Crippen molar-refractivity contribution in [3.8, 4) is 0 Å². The van der Waals surface area contributed by atoms with Crippen LogP contribution in [0.4, 0.5) is 0 Å². The smallest absolute Gasteiger partial charge is 0.175 e. The first-order valence-corrected chi connectivity index (χ1v) is 5.90. The van der Waals surface area contributed by atoms with Crippen molar-refractivity contribution < 1.29 is 13.5 Å². The fraction of sp³-hybridized carbons (Fsp3) is 0.200. The molecule has 0 aliphatic heterocycles. The van der Waals surface area contributed by atoms with Gasteiger partial charge in [-0.1, -0.05) is 30.3 Å². The van der Waals surface area contributed by atoms with E-state index in [0.29, 0.717) is 0 Å². The standard InChI is InChI=1S/C10H12O3S/c11-7-4-8-14(12,13)9-10-5-2-1-3-6-10/h1-6,8,11H,7,9H2. The van der Waals surface area contributed by atoms with Gasteiger partial charge in [-0.05, 0) is 11.6 Å². The third-order valence-electron chi connectivity index (χ3n) is 1.62. The number of aliphatic hydroxyl groups is 1. The van der Waals surface area contributed by atoms with Gasteiger partial charge in [0.05, 0.1) is 12.4 Å². The molecule has 0 aliphatic rings. The molecule has 0 fully saturated rings. The number of rotatable bonds is 4. The first-order valence-electron chi connectivity index (χ1n) is 4.18. The lowest BCUT2D eigenvalue weighted by molar-refractivity contribution is 0.343. The second kappa shape index (κ2) is 4.93. The Labute approximate surface area is 83.6 Å². The van der Waals surface area contributed by atoms with Crippen molar-refractivity contribution >= 4 is 9.84 Å². The molecule has 76 valence electrons. The molecule has 14 heavy (non-hydrogen) atoms. The monoisotopic (exact) mass is 212 g/mol. The zero-order valence-corrected chi connectivity index (χ0v) is 8.44. The Balaban J connectivity index is 2.74. The van der Waals surface area contributed by atoms with E-state index in [-0.39, 0.29) is 12.4 Å². The van der Waals surface area contributed by atoms with E-state index in [1.54, 1.807) is 24.3 Å². The molecule has 0 saturated heterocycles. The highest BCUT2D eigenvalue weighted by atomic mass is 32.2. The number of aliphatic hydroxyl groups excluding tert-OH is 1. The van der Waals surface area contributed by atoms with Crippen LogP contribution < -0.4 is 0 Å². The number of sulfone groups is 1. The lowest BCUT2D eigenvalue weighted by Gasteiger charge is -1.98. The first kappa shape index (κ1) is 10.9. The van der Waals surface area contributed by atoms with E-state index < -0.39 is 9.84 Å². The van der Waals surface area contributed by atoms with Crippen molar-refractivity contribution in [1.29, 1.82) is 0 Å². The van der Waals surface area contributed by atoms with Crippen molar-refractivity contribution in [2.75, 3.05) is 6.61 Å². The summed E-state index contributed by atoms with van der Waals surface area (Å²) in [4.78, 5) is 0. The summed E-state index contributed by atoms with van der Waals surface area (Å²) in [7, 11) is -3.24. The Morgan fingerprint density at radius 1 is 1.21 bits per heavy atom. The Morgan fingerprint density at radius 3 is 2.43 bits per heavy atom. The summed E-state index contributed by atoms with van der Waals surface area (Å²) in [6, 6.07) is 8.93. The molecular formula is C10H12O3S. The van der Waals surface area contributed by atoms with Crippen LogP contribution in [0.15, 0.2) is 41.8 Å². The van der Waals surface area contributed by atoms with Gasteiger partial charge in [-0.15, -0.1) is 0 Å². The Kier molecular flexibility index (Phi) is 3.85. The molecule has 0 amide bonds. The molecule has 0 heterocycles. The molecule has 1 aromatic rings. The van der Waals surface area contributed by atoms with Crippen molar-refractivity contribution in [3.63, 3.8) is 0 Å². The van der Waals surface area contributed by atoms with Crippen molar-refractivity contribution in [1.82, 2.24) is 0 Å². The molecule has 1 N–H and O–H groups in total. The molecule has 0 unspecified atom stereocenters. The van der Waals surface area contributed by atoms with Gasteiger partial charge in [-0.2, -0.15) is 0 Å². The lowest BCUT2D eigenvalue weighted by Crippen LogP contribution is -1.99. The van der Waals surface area contributed by atoms with E-state index in [4.69, 9.17) is 5.11 Å². The summed E-state index contributed by atoms with van der Waals surface area (Å²) in [6.07, 6.45) is 1.22. The predicted octanol–water partition coefficient (Wildman–Crippen LogP) is 1.11. The molecule has 0 aromatic heterocycles. The van der Waals surface area contributed by atoms with E-state index in [0.717, 1.165) is 11.0 Å². The molecule has 0 atom stereocenters. The van der Waals surface area contributed by atoms with Gasteiger partial charge < -0.3 is 5.11 Å². The maximum absolute atomic E-state index is 11.4. The molecule has 3 nitrogen and oxygen atoms in total. The molecule has 4 heteroatoms. The minimum atomic E-state index is -3.24. The quantitative estimate of drug-likeness (QED) is 0.813. The summed E-state index contributed by atoms with van der Waals surface area (Å²) >= 11 is 0. The molecule has 1 aromatic carbocycles. The molecule has 0 spiro atoms. The summed E-state index contributed by atoms with van der Waals surface area (Å²) in [5.41, 5.74) is 0.745. The summed E-state index contributed by atoms with van der Waals surface area (Å²) < 4.78 is 22.7. The van der Waals surface area contributed by atoms with Gasteiger partial charge >= 0.3 is 0 Å². The average Bonchev–Trinajstić information content (AvgIpc) is 2.16. The van der Waals surface area contributed by atoms with E-state index in [2.05, 4.69) is 0 Å². The normalized spacial score (nSPS) is 12.1. The van der Waals surface area contributed by atoms with Crippen molar-refractivity contribution in [3.05, 3.63) is 47.4 Å². The van der Waals surface area contributed by atoms with Crippen LogP contribution >= 0.6 is 0 Å². The van der Waals surface area contributed by atoms with Gasteiger partial charge in [-0.3, -0.25) is 0 Å². The van der Waals surface area contributed by atoms with Crippen LogP contribution in [-0.4, -0.2) is 20.1 Å². The van der Waals surface area contributed by atoms with Crippen LogP contribution in [0.2, 0.25) is 0 Å². The highest BCUT2D eigenvalue weighted by molar-refractivity contribution is 7.93. The number of benzene rings is 1. The van der Waals surface area contributed by atoms with Crippen molar-refractivity contribution in [2.24, 2.45) is 0 Å². The van der Waals surface area contributed by atoms with Crippen LogP contribution in [0.1, 0.15) is 5.56 Å². The minimum absolute atomic E-state index is 0.0235.